The molecule has 1 heterocycles. The van der Waals surface area contributed by atoms with E-state index in [1.54, 1.807) is 11.8 Å². The lowest BCUT2D eigenvalue weighted by atomic mass is 10.1. The van der Waals surface area contributed by atoms with Crippen LogP contribution in [-0.4, -0.2) is 16.0 Å². The van der Waals surface area contributed by atoms with Crippen LogP contribution in [0.1, 0.15) is 71.1 Å². The van der Waals surface area contributed by atoms with Gasteiger partial charge in [-0.2, -0.15) is 0 Å². The molecule has 0 spiro atoms. The second-order valence-corrected chi connectivity index (χ2v) is 7.29. The number of rotatable bonds is 12. The number of thioether (sulfide) groups is 1. The van der Waals surface area contributed by atoms with E-state index in [1.807, 2.05) is 0 Å². The molecule has 0 amide bonds. The molecule has 0 bridgehead atoms. The molecule has 0 radical (unpaired) electrons. The van der Waals surface area contributed by atoms with E-state index in [1.165, 1.54) is 75.5 Å². The van der Waals surface area contributed by atoms with Crippen molar-refractivity contribution in [3.05, 3.63) is 0 Å². The maximum absolute atomic E-state index is 5.54. The Morgan fingerprint density at radius 1 is 0.895 bits per heavy atom. The second kappa shape index (κ2) is 11.5. The minimum absolute atomic E-state index is 0.575. The van der Waals surface area contributed by atoms with Crippen LogP contribution in [0.4, 0.5) is 5.13 Å². The summed E-state index contributed by atoms with van der Waals surface area (Å²) in [6.45, 7) is 2.27. The Labute approximate surface area is 125 Å². The van der Waals surface area contributed by atoms with E-state index in [9.17, 15) is 0 Å². The van der Waals surface area contributed by atoms with E-state index in [0.29, 0.717) is 5.13 Å². The maximum atomic E-state index is 5.54. The molecule has 2 N–H and O–H groups in total. The first-order valence-electron chi connectivity index (χ1n) is 7.54. The molecule has 0 fully saturated rings. The Hall–Kier alpha value is -0.290. The molecule has 1 aromatic heterocycles. The molecular formula is C14H27N3S2. The first-order valence-corrected chi connectivity index (χ1v) is 9.35. The molecule has 3 nitrogen and oxygen atoms in total. The standard InChI is InChI=1S/C14H27N3S2/c1-2-3-4-5-6-7-8-9-10-11-12-18-14-17-16-13(15)19-14/h2-12H2,1H3,(H2,15,16). The van der Waals surface area contributed by atoms with Crippen molar-refractivity contribution in [2.75, 3.05) is 11.5 Å². The lowest BCUT2D eigenvalue weighted by Gasteiger charge is -2.01. The Kier molecular flexibility index (Phi) is 10.2. The SMILES string of the molecule is CCCCCCCCCCCCSc1nnc(N)s1. The van der Waals surface area contributed by atoms with Gasteiger partial charge in [-0.1, -0.05) is 87.8 Å². The number of nitrogen functional groups attached to an aromatic ring is 1. The van der Waals surface area contributed by atoms with Gasteiger partial charge in [-0.15, -0.1) is 10.2 Å². The van der Waals surface area contributed by atoms with Crippen LogP contribution in [0.15, 0.2) is 4.34 Å². The Balaban J connectivity index is 1.79. The van der Waals surface area contributed by atoms with Crippen LogP contribution in [0.25, 0.3) is 0 Å². The normalized spacial score (nSPS) is 11.0. The molecule has 19 heavy (non-hydrogen) atoms. The Morgan fingerprint density at radius 3 is 2.00 bits per heavy atom. The van der Waals surface area contributed by atoms with E-state index in [0.717, 1.165) is 10.1 Å². The lowest BCUT2D eigenvalue weighted by Crippen LogP contribution is -1.84. The molecule has 0 aliphatic carbocycles. The van der Waals surface area contributed by atoms with Gasteiger partial charge in [-0.3, -0.25) is 0 Å². The lowest BCUT2D eigenvalue weighted by molar-refractivity contribution is 0.563. The van der Waals surface area contributed by atoms with Gasteiger partial charge < -0.3 is 5.73 Å². The highest BCUT2D eigenvalue weighted by atomic mass is 32.2. The van der Waals surface area contributed by atoms with Crippen LogP contribution in [0.3, 0.4) is 0 Å². The second-order valence-electron chi connectivity index (χ2n) is 4.94. The third-order valence-electron chi connectivity index (χ3n) is 3.15. The third kappa shape index (κ3) is 9.27. The largest absolute Gasteiger partial charge is 0.374 e. The summed E-state index contributed by atoms with van der Waals surface area (Å²) in [6, 6.07) is 0. The average Bonchev–Trinajstić information content (AvgIpc) is 2.82. The predicted molar refractivity (Wildman–Crippen MR) is 86.9 cm³/mol. The van der Waals surface area contributed by atoms with Crippen LogP contribution < -0.4 is 5.73 Å². The molecule has 0 unspecified atom stereocenters. The number of anilines is 1. The number of aromatic nitrogens is 2. The number of unbranched alkanes of at least 4 members (excludes halogenated alkanes) is 9. The first kappa shape index (κ1) is 16.8. The molecule has 1 rings (SSSR count). The molecule has 5 heteroatoms. The van der Waals surface area contributed by atoms with Crippen molar-refractivity contribution in [3.8, 4) is 0 Å². The van der Waals surface area contributed by atoms with Crippen LogP contribution >= 0.6 is 23.1 Å². The minimum atomic E-state index is 0.575. The summed E-state index contributed by atoms with van der Waals surface area (Å²) in [5, 5.41) is 8.39. The molecule has 0 aliphatic rings. The Bertz CT molecular complexity index is 315. The predicted octanol–water partition coefficient (Wildman–Crippen LogP) is 5.13. The van der Waals surface area contributed by atoms with Gasteiger partial charge in [0, 0.05) is 5.75 Å². The minimum Gasteiger partial charge on any atom is -0.374 e. The molecule has 110 valence electrons. The summed E-state index contributed by atoms with van der Waals surface area (Å²) in [6.07, 6.45) is 13.9. The molecule has 0 saturated heterocycles. The zero-order chi connectivity index (χ0) is 13.8. The monoisotopic (exact) mass is 301 g/mol. The van der Waals surface area contributed by atoms with Crippen LogP contribution in [0.5, 0.6) is 0 Å². The summed E-state index contributed by atoms with van der Waals surface area (Å²) >= 11 is 3.27. The van der Waals surface area contributed by atoms with Gasteiger partial charge in [0.2, 0.25) is 5.13 Å². The van der Waals surface area contributed by atoms with Gasteiger partial charge in [-0.05, 0) is 6.42 Å². The van der Waals surface area contributed by atoms with E-state index < -0.39 is 0 Å². The highest BCUT2D eigenvalue weighted by molar-refractivity contribution is 8.01. The van der Waals surface area contributed by atoms with E-state index >= 15 is 0 Å². The first-order chi connectivity index (χ1) is 9.33. The van der Waals surface area contributed by atoms with Gasteiger partial charge in [0.05, 0.1) is 0 Å². The fourth-order valence-electron chi connectivity index (χ4n) is 2.03. The number of nitrogens with zero attached hydrogens (tertiary/aromatic N) is 2. The third-order valence-corrected chi connectivity index (χ3v) is 5.12. The van der Waals surface area contributed by atoms with Crippen molar-refractivity contribution >= 4 is 28.2 Å². The van der Waals surface area contributed by atoms with E-state index in [2.05, 4.69) is 17.1 Å². The van der Waals surface area contributed by atoms with Gasteiger partial charge in [0.25, 0.3) is 0 Å². The number of hydrogen-bond donors (Lipinski definition) is 1. The average molecular weight is 302 g/mol. The van der Waals surface area contributed by atoms with Crippen LogP contribution in [0, 0.1) is 0 Å². The number of nitrogens with two attached hydrogens (primary N) is 1. The number of hydrogen-bond acceptors (Lipinski definition) is 5. The Morgan fingerprint density at radius 2 is 1.47 bits per heavy atom. The summed E-state index contributed by atoms with van der Waals surface area (Å²) in [4.78, 5) is 0. The smallest absolute Gasteiger partial charge is 0.203 e. The maximum Gasteiger partial charge on any atom is 0.203 e. The quantitative estimate of drug-likeness (QED) is 0.429. The summed E-state index contributed by atoms with van der Waals surface area (Å²) < 4.78 is 1.01. The van der Waals surface area contributed by atoms with Crippen molar-refractivity contribution in [1.29, 1.82) is 0 Å². The fraction of sp³-hybridized carbons (Fsp3) is 0.857. The summed E-state index contributed by atoms with van der Waals surface area (Å²) in [5.74, 6) is 1.14. The zero-order valence-corrected chi connectivity index (χ0v) is 13.7. The summed E-state index contributed by atoms with van der Waals surface area (Å²) in [7, 11) is 0. The van der Waals surface area contributed by atoms with Crippen molar-refractivity contribution in [2.45, 2.75) is 75.5 Å². The van der Waals surface area contributed by atoms with Crippen LogP contribution in [0.2, 0.25) is 0 Å². The molecule has 0 aromatic carbocycles. The van der Waals surface area contributed by atoms with Gasteiger partial charge in [0.1, 0.15) is 0 Å². The van der Waals surface area contributed by atoms with Gasteiger partial charge >= 0.3 is 0 Å². The zero-order valence-electron chi connectivity index (χ0n) is 12.1. The van der Waals surface area contributed by atoms with Crippen LogP contribution in [-0.2, 0) is 0 Å². The highest BCUT2D eigenvalue weighted by Crippen LogP contribution is 2.24. The van der Waals surface area contributed by atoms with E-state index in [-0.39, 0.29) is 0 Å². The topological polar surface area (TPSA) is 51.8 Å². The molecular weight excluding hydrogens is 274 g/mol. The summed E-state index contributed by atoms with van der Waals surface area (Å²) in [5.41, 5.74) is 5.54. The van der Waals surface area contributed by atoms with E-state index in [4.69, 9.17) is 5.73 Å². The molecule has 0 aliphatic heterocycles. The van der Waals surface area contributed by atoms with Crippen molar-refractivity contribution in [2.24, 2.45) is 0 Å². The molecule has 0 saturated carbocycles. The van der Waals surface area contributed by atoms with Gasteiger partial charge in [0.15, 0.2) is 4.34 Å². The van der Waals surface area contributed by atoms with Crippen molar-refractivity contribution in [1.82, 2.24) is 10.2 Å². The fourth-order valence-corrected chi connectivity index (χ4v) is 3.73. The molecule has 0 atom stereocenters. The van der Waals surface area contributed by atoms with Crippen molar-refractivity contribution in [3.63, 3.8) is 0 Å². The van der Waals surface area contributed by atoms with Gasteiger partial charge in [-0.25, -0.2) is 0 Å². The van der Waals surface area contributed by atoms with Crippen molar-refractivity contribution < 1.29 is 0 Å². The highest BCUT2D eigenvalue weighted by Gasteiger charge is 2.00. The molecule has 1 aromatic rings.